The Kier molecular flexibility index (Phi) is 4.14. The van der Waals surface area contributed by atoms with Gasteiger partial charge in [0.05, 0.1) is 6.54 Å². The second kappa shape index (κ2) is 6.24. The van der Waals surface area contributed by atoms with Gasteiger partial charge in [0.15, 0.2) is 5.69 Å². The van der Waals surface area contributed by atoms with Gasteiger partial charge in [0.1, 0.15) is 5.69 Å². The average molecular weight is 312 g/mol. The van der Waals surface area contributed by atoms with E-state index in [2.05, 4.69) is 15.7 Å². The predicted molar refractivity (Wildman–Crippen MR) is 86.4 cm³/mol. The van der Waals surface area contributed by atoms with Crippen LogP contribution in [0.25, 0.3) is 0 Å². The molecule has 1 aliphatic rings. The number of rotatable bonds is 5. The smallest absolute Gasteiger partial charge is 0.271 e. The van der Waals surface area contributed by atoms with Crippen molar-refractivity contribution < 1.29 is 9.59 Å². The molecule has 23 heavy (non-hydrogen) atoms. The van der Waals surface area contributed by atoms with Crippen LogP contribution in [0.15, 0.2) is 30.3 Å². The molecular formula is C17H20N4O2. The normalized spacial score (nSPS) is 13.7. The molecular weight excluding hydrogens is 292 g/mol. The highest BCUT2D eigenvalue weighted by Crippen LogP contribution is 2.20. The molecule has 2 amide bonds. The highest BCUT2D eigenvalue weighted by molar-refractivity contribution is 5.98. The van der Waals surface area contributed by atoms with Gasteiger partial charge in [-0.3, -0.25) is 14.3 Å². The van der Waals surface area contributed by atoms with Crippen LogP contribution in [0.5, 0.6) is 0 Å². The summed E-state index contributed by atoms with van der Waals surface area (Å²) in [5.74, 6) is -0.476. The standard InChI is InChI=1S/C17H20N4O2/c1-11-3-5-12(6-4-11)10-21-15(17(23)19-13-7-8-13)9-14(20-21)16(22)18-2/h3-6,9,13H,7-8,10H2,1-2H3,(H,18,22)(H,19,23). The van der Waals surface area contributed by atoms with Crippen molar-refractivity contribution in [1.29, 1.82) is 0 Å². The van der Waals surface area contributed by atoms with Crippen molar-refractivity contribution in [3.8, 4) is 0 Å². The predicted octanol–water partition coefficient (Wildman–Crippen LogP) is 1.49. The Bertz CT molecular complexity index is 730. The molecule has 2 N–H and O–H groups in total. The summed E-state index contributed by atoms with van der Waals surface area (Å²) < 4.78 is 1.59. The molecule has 0 aliphatic heterocycles. The van der Waals surface area contributed by atoms with E-state index in [1.807, 2.05) is 31.2 Å². The molecule has 1 heterocycles. The number of carbonyl (C=O) groups is 2. The lowest BCUT2D eigenvalue weighted by Gasteiger charge is -2.08. The van der Waals surface area contributed by atoms with E-state index < -0.39 is 0 Å². The van der Waals surface area contributed by atoms with Gasteiger partial charge in [-0.05, 0) is 25.3 Å². The van der Waals surface area contributed by atoms with Crippen LogP contribution in [0.2, 0.25) is 0 Å². The SMILES string of the molecule is CNC(=O)c1cc(C(=O)NC2CC2)n(Cc2ccc(C)cc2)n1. The van der Waals surface area contributed by atoms with Gasteiger partial charge in [0.2, 0.25) is 0 Å². The van der Waals surface area contributed by atoms with Gasteiger partial charge >= 0.3 is 0 Å². The van der Waals surface area contributed by atoms with Crippen molar-refractivity contribution in [3.63, 3.8) is 0 Å². The van der Waals surface area contributed by atoms with Crippen LogP contribution in [0.4, 0.5) is 0 Å². The Morgan fingerprint density at radius 2 is 1.91 bits per heavy atom. The molecule has 2 aromatic rings. The van der Waals surface area contributed by atoms with E-state index in [-0.39, 0.29) is 23.6 Å². The molecule has 3 rings (SSSR count). The number of benzene rings is 1. The summed E-state index contributed by atoms with van der Waals surface area (Å²) in [4.78, 5) is 24.2. The van der Waals surface area contributed by atoms with Crippen molar-refractivity contribution in [2.45, 2.75) is 32.4 Å². The van der Waals surface area contributed by atoms with Gasteiger partial charge in [-0.25, -0.2) is 0 Å². The minimum atomic E-state index is -0.298. The van der Waals surface area contributed by atoms with E-state index in [0.29, 0.717) is 12.2 Å². The highest BCUT2D eigenvalue weighted by atomic mass is 16.2. The summed E-state index contributed by atoms with van der Waals surface area (Å²) >= 11 is 0. The number of carbonyl (C=O) groups excluding carboxylic acids is 2. The molecule has 0 saturated heterocycles. The van der Waals surface area contributed by atoms with E-state index in [0.717, 1.165) is 18.4 Å². The third-order valence-corrected chi connectivity index (χ3v) is 3.84. The summed E-state index contributed by atoms with van der Waals surface area (Å²) in [6.45, 7) is 2.47. The minimum Gasteiger partial charge on any atom is -0.354 e. The lowest BCUT2D eigenvalue weighted by atomic mass is 10.1. The summed E-state index contributed by atoms with van der Waals surface area (Å²) in [7, 11) is 1.55. The number of nitrogens with zero attached hydrogens (tertiary/aromatic N) is 2. The van der Waals surface area contributed by atoms with Gasteiger partial charge in [0.25, 0.3) is 11.8 Å². The summed E-state index contributed by atoms with van der Waals surface area (Å²) in [6, 6.07) is 9.84. The zero-order valence-corrected chi connectivity index (χ0v) is 13.3. The number of amides is 2. The maximum Gasteiger partial charge on any atom is 0.271 e. The Morgan fingerprint density at radius 3 is 2.52 bits per heavy atom. The van der Waals surface area contributed by atoms with E-state index in [1.165, 1.54) is 5.56 Å². The Balaban J connectivity index is 1.88. The van der Waals surface area contributed by atoms with E-state index in [1.54, 1.807) is 17.8 Å². The Labute approximate surface area is 134 Å². The van der Waals surface area contributed by atoms with Crippen molar-refractivity contribution in [2.24, 2.45) is 0 Å². The fourth-order valence-electron chi connectivity index (χ4n) is 2.31. The van der Waals surface area contributed by atoms with Crippen LogP contribution >= 0.6 is 0 Å². The van der Waals surface area contributed by atoms with E-state index in [9.17, 15) is 9.59 Å². The van der Waals surface area contributed by atoms with Crippen molar-refractivity contribution in [1.82, 2.24) is 20.4 Å². The van der Waals surface area contributed by atoms with E-state index >= 15 is 0 Å². The number of nitrogens with one attached hydrogen (secondary N) is 2. The van der Waals surface area contributed by atoms with Crippen molar-refractivity contribution >= 4 is 11.8 Å². The Morgan fingerprint density at radius 1 is 1.22 bits per heavy atom. The van der Waals surface area contributed by atoms with Gasteiger partial charge in [-0.1, -0.05) is 29.8 Å². The average Bonchev–Trinajstić information content (AvgIpc) is 3.26. The fourth-order valence-corrected chi connectivity index (χ4v) is 2.31. The maximum absolute atomic E-state index is 12.4. The van der Waals surface area contributed by atoms with Crippen LogP contribution < -0.4 is 10.6 Å². The summed E-state index contributed by atoms with van der Waals surface area (Å²) in [5.41, 5.74) is 2.87. The molecule has 1 fully saturated rings. The maximum atomic E-state index is 12.4. The van der Waals surface area contributed by atoms with Crippen LogP contribution in [-0.4, -0.2) is 34.7 Å². The lowest BCUT2D eigenvalue weighted by molar-refractivity contribution is 0.0937. The topological polar surface area (TPSA) is 76.0 Å². The zero-order valence-electron chi connectivity index (χ0n) is 13.3. The summed E-state index contributed by atoms with van der Waals surface area (Å²) in [5, 5.41) is 9.77. The van der Waals surface area contributed by atoms with E-state index in [4.69, 9.17) is 0 Å². The molecule has 0 bridgehead atoms. The van der Waals surface area contributed by atoms with Crippen LogP contribution in [0, 0.1) is 6.92 Å². The molecule has 0 unspecified atom stereocenters. The largest absolute Gasteiger partial charge is 0.354 e. The number of hydrogen-bond donors (Lipinski definition) is 2. The third-order valence-electron chi connectivity index (χ3n) is 3.84. The molecule has 1 aromatic heterocycles. The highest BCUT2D eigenvalue weighted by Gasteiger charge is 2.26. The molecule has 6 nitrogen and oxygen atoms in total. The molecule has 120 valence electrons. The molecule has 0 spiro atoms. The summed E-state index contributed by atoms with van der Waals surface area (Å²) in [6.07, 6.45) is 2.03. The molecule has 1 aliphatic carbocycles. The van der Waals surface area contributed by atoms with Crippen LogP contribution in [0.1, 0.15) is 44.9 Å². The van der Waals surface area contributed by atoms with Gasteiger partial charge in [0, 0.05) is 19.2 Å². The zero-order chi connectivity index (χ0) is 16.4. The first kappa shape index (κ1) is 15.3. The van der Waals surface area contributed by atoms with Gasteiger partial charge in [-0.15, -0.1) is 0 Å². The number of aromatic nitrogens is 2. The van der Waals surface area contributed by atoms with Gasteiger partial charge in [-0.2, -0.15) is 5.10 Å². The molecule has 0 atom stereocenters. The Hall–Kier alpha value is -2.63. The first-order valence-corrected chi connectivity index (χ1v) is 7.73. The lowest BCUT2D eigenvalue weighted by Crippen LogP contribution is -2.28. The first-order valence-electron chi connectivity index (χ1n) is 7.73. The molecule has 6 heteroatoms. The number of hydrogen-bond acceptors (Lipinski definition) is 3. The molecule has 0 radical (unpaired) electrons. The quantitative estimate of drug-likeness (QED) is 0.878. The second-order valence-corrected chi connectivity index (χ2v) is 5.88. The van der Waals surface area contributed by atoms with Crippen LogP contribution in [0.3, 0.4) is 0 Å². The second-order valence-electron chi connectivity index (χ2n) is 5.88. The monoisotopic (exact) mass is 312 g/mol. The minimum absolute atomic E-state index is 0.178. The molecule has 1 aromatic carbocycles. The fraction of sp³-hybridized carbons (Fsp3) is 0.353. The molecule has 1 saturated carbocycles. The van der Waals surface area contributed by atoms with Crippen LogP contribution in [-0.2, 0) is 6.54 Å². The first-order chi connectivity index (χ1) is 11.1. The van der Waals surface area contributed by atoms with Crippen molar-refractivity contribution in [2.75, 3.05) is 7.05 Å². The van der Waals surface area contributed by atoms with Crippen molar-refractivity contribution in [3.05, 3.63) is 52.8 Å². The van der Waals surface area contributed by atoms with Gasteiger partial charge < -0.3 is 10.6 Å². The third kappa shape index (κ3) is 3.59. The number of aryl methyl sites for hydroxylation is 1.